The molecule has 0 aliphatic rings. The van der Waals surface area contributed by atoms with Gasteiger partial charge in [0.2, 0.25) is 0 Å². The average molecular weight is 473 g/mol. The summed E-state index contributed by atoms with van der Waals surface area (Å²) in [5, 5.41) is 9.40. The van der Waals surface area contributed by atoms with E-state index >= 15 is 0 Å². The lowest BCUT2D eigenvalue weighted by atomic mass is 10.2. The number of fused-ring (bicyclic) bond motifs is 1. The molecule has 0 saturated heterocycles. The van der Waals surface area contributed by atoms with Crippen molar-refractivity contribution in [1.82, 2.24) is 19.6 Å². The van der Waals surface area contributed by atoms with Crippen LogP contribution in [0.2, 0.25) is 0 Å². The van der Waals surface area contributed by atoms with Crippen molar-refractivity contribution < 1.29 is 31.1 Å². The van der Waals surface area contributed by atoms with E-state index in [0.29, 0.717) is 11.4 Å². The van der Waals surface area contributed by atoms with Crippen LogP contribution in [0.25, 0.3) is 15.9 Å². The lowest BCUT2D eigenvalue weighted by Crippen LogP contribution is -2.11. The van der Waals surface area contributed by atoms with Gasteiger partial charge in [0.05, 0.1) is 10.6 Å². The summed E-state index contributed by atoms with van der Waals surface area (Å²) in [6.07, 6.45) is -9.23. The van der Waals surface area contributed by atoms with E-state index in [0.717, 1.165) is 32.8 Å². The van der Waals surface area contributed by atoms with Crippen molar-refractivity contribution in [1.29, 1.82) is 0 Å². The highest BCUT2D eigenvalue weighted by Crippen LogP contribution is 2.37. The number of amides is 1. The highest BCUT2D eigenvalue weighted by atomic mass is 32.1. The number of nitrogens with one attached hydrogen (secondary N) is 1. The maximum Gasteiger partial charge on any atom is 0.435 e. The van der Waals surface area contributed by atoms with Gasteiger partial charge in [-0.25, -0.2) is 4.68 Å². The summed E-state index contributed by atoms with van der Waals surface area (Å²) >= 11 is 0.863. The number of aromatic nitrogens is 4. The number of aryl methyl sites for hydroxylation is 2. The largest absolute Gasteiger partial charge is 0.435 e. The van der Waals surface area contributed by atoms with Crippen molar-refractivity contribution in [3.63, 3.8) is 0 Å². The zero-order chi connectivity index (χ0) is 23.4. The lowest BCUT2D eigenvalue weighted by Gasteiger charge is -2.07. The van der Waals surface area contributed by atoms with Crippen LogP contribution >= 0.6 is 11.3 Å². The summed E-state index contributed by atoms with van der Waals surface area (Å²) in [6, 6.07) is 7.89. The molecule has 0 aliphatic heterocycles. The molecule has 1 amide bonds. The molecule has 4 aromatic rings. The van der Waals surface area contributed by atoms with Gasteiger partial charge in [0.15, 0.2) is 11.4 Å². The summed E-state index contributed by atoms with van der Waals surface area (Å²) in [6.45, 7) is 1.48. The molecule has 3 aromatic heterocycles. The van der Waals surface area contributed by atoms with Gasteiger partial charge in [0.25, 0.3) is 5.91 Å². The molecule has 3 heterocycles. The average Bonchev–Trinajstić information content (AvgIpc) is 3.36. The maximum absolute atomic E-state index is 13.1. The Balaban J connectivity index is 1.56. The van der Waals surface area contributed by atoms with Gasteiger partial charge in [0.1, 0.15) is 4.83 Å². The van der Waals surface area contributed by atoms with Crippen LogP contribution in [0.3, 0.4) is 0 Å². The zero-order valence-corrected chi connectivity index (χ0v) is 17.2. The first-order valence-corrected chi connectivity index (χ1v) is 9.75. The van der Waals surface area contributed by atoms with Crippen LogP contribution in [0.1, 0.15) is 26.8 Å². The minimum atomic E-state index is -4.65. The van der Waals surface area contributed by atoms with Crippen LogP contribution in [0, 0.1) is 6.92 Å². The SMILES string of the molecule is Cc1cc(C(F)(F)F)nn1-c1ccc(NC(=O)c2cc3c(C(F)(F)F)nn(C)c3s2)cc1. The lowest BCUT2D eigenvalue weighted by molar-refractivity contribution is -0.141. The highest BCUT2D eigenvalue weighted by molar-refractivity contribution is 7.20. The number of benzene rings is 1. The first kappa shape index (κ1) is 21.9. The van der Waals surface area contributed by atoms with Gasteiger partial charge in [-0.2, -0.15) is 36.5 Å². The predicted molar refractivity (Wildman–Crippen MR) is 105 cm³/mol. The number of carbonyl (C=O) groups excluding carboxylic acids is 1. The number of alkyl halides is 6. The summed E-state index contributed by atoms with van der Waals surface area (Å²) < 4.78 is 80.1. The first-order chi connectivity index (χ1) is 14.8. The van der Waals surface area contributed by atoms with Crippen molar-refractivity contribution in [2.45, 2.75) is 19.3 Å². The predicted octanol–water partition coefficient (Wildman–Crippen LogP) is 5.42. The fraction of sp³-hybridized carbons (Fsp3) is 0.211. The molecule has 0 bridgehead atoms. The molecule has 0 fully saturated rings. The molecule has 0 radical (unpaired) electrons. The van der Waals surface area contributed by atoms with E-state index in [-0.39, 0.29) is 20.8 Å². The van der Waals surface area contributed by atoms with Gasteiger partial charge in [-0.1, -0.05) is 0 Å². The van der Waals surface area contributed by atoms with Gasteiger partial charge in [-0.3, -0.25) is 9.48 Å². The fourth-order valence-corrected chi connectivity index (χ4v) is 4.08. The van der Waals surface area contributed by atoms with E-state index in [4.69, 9.17) is 0 Å². The van der Waals surface area contributed by atoms with Crippen molar-refractivity contribution in [3.05, 3.63) is 58.4 Å². The van der Waals surface area contributed by atoms with Gasteiger partial charge in [0, 0.05) is 23.8 Å². The van der Waals surface area contributed by atoms with E-state index < -0.39 is 29.6 Å². The minimum Gasteiger partial charge on any atom is -0.321 e. The standard InChI is InChI=1S/C19H13F6N5OS/c1-9-7-14(18(20,21)22)27-30(9)11-5-3-10(4-6-11)26-16(31)13-8-12-15(19(23,24)25)28-29(2)17(12)32-13/h3-8H,1-2H3,(H,26,31). The molecule has 0 unspecified atom stereocenters. The third-order valence-electron chi connectivity index (χ3n) is 4.55. The summed E-state index contributed by atoms with van der Waals surface area (Å²) in [7, 11) is 1.36. The van der Waals surface area contributed by atoms with Crippen LogP contribution in [-0.4, -0.2) is 25.5 Å². The van der Waals surface area contributed by atoms with Gasteiger partial charge < -0.3 is 5.32 Å². The minimum absolute atomic E-state index is 0.0558. The van der Waals surface area contributed by atoms with Crippen molar-refractivity contribution in [3.8, 4) is 5.69 Å². The molecule has 0 saturated carbocycles. The number of hydrogen-bond donors (Lipinski definition) is 1. The summed E-state index contributed by atoms with van der Waals surface area (Å²) in [4.78, 5) is 12.8. The van der Waals surface area contributed by atoms with E-state index in [1.807, 2.05) is 0 Å². The molecule has 13 heteroatoms. The molecule has 0 atom stereocenters. The second-order valence-corrected chi connectivity index (χ2v) is 7.91. The Morgan fingerprint density at radius 3 is 2.22 bits per heavy atom. The summed E-state index contributed by atoms with van der Waals surface area (Å²) in [5.74, 6) is -0.623. The molecule has 0 spiro atoms. The number of anilines is 1. The van der Waals surface area contributed by atoms with E-state index in [9.17, 15) is 31.1 Å². The molecule has 168 valence electrons. The molecule has 4 rings (SSSR count). The Hall–Kier alpha value is -3.35. The Bertz CT molecular complexity index is 1310. The number of nitrogens with zero attached hydrogens (tertiary/aromatic N) is 4. The molecule has 1 aromatic carbocycles. The maximum atomic E-state index is 13.1. The molecule has 6 nitrogen and oxygen atoms in total. The molecule has 0 aliphatic carbocycles. The van der Waals surface area contributed by atoms with Crippen LogP contribution < -0.4 is 5.32 Å². The van der Waals surface area contributed by atoms with Crippen molar-refractivity contribution in [2.24, 2.45) is 7.05 Å². The Kier molecular flexibility index (Phi) is 5.03. The van der Waals surface area contributed by atoms with Crippen molar-refractivity contribution in [2.75, 3.05) is 5.32 Å². The molecular formula is C19H13F6N5OS. The zero-order valence-electron chi connectivity index (χ0n) is 16.3. The van der Waals surface area contributed by atoms with Gasteiger partial charge >= 0.3 is 12.4 Å². The molecule has 32 heavy (non-hydrogen) atoms. The molecular weight excluding hydrogens is 460 g/mol. The smallest absolute Gasteiger partial charge is 0.321 e. The number of thiophene rings is 1. The number of carbonyl (C=O) groups is 1. The Morgan fingerprint density at radius 1 is 1.00 bits per heavy atom. The van der Waals surface area contributed by atoms with Crippen LogP contribution in [-0.2, 0) is 19.4 Å². The van der Waals surface area contributed by atoms with Gasteiger partial charge in [-0.15, -0.1) is 11.3 Å². The number of halogens is 6. The van der Waals surface area contributed by atoms with E-state index in [2.05, 4.69) is 15.5 Å². The fourth-order valence-electron chi connectivity index (χ4n) is 3.12. The second kappa shape index (κ2) is 7.36. The first-order valence-electron chi connectivity index (χ1n) is 8.94. The third-order valence-corrected chi connectivity index (χ3v) is 5.75. The third kappa shape index (κ3) is 3.95. The number of rotatable bonds is 3. The van der Waals surface area contributed by atoms with Crippen LogP contribution in [0.5, 0.6) is 0 Å². The van der Waals surface area contributed by atoms with Gasteiger partial charge in [-0.05, 0) is 43.3 Å². The highest BCUT2D eigenvalue weighted by Gasteiger charge is 2.37. The monoisotopic (exact) mass is 473 g/mol. The quantitative estimate of drug-likeness (QED) is 0.404. The van der Waals surface area contributed by atoms with Crippen LogP contribution in [0.15, 0.2) is 36.4 Å². The Labute approximate surface area is 180 Å². The van der Waals surface area contributed by atoms with E-state index in [1.165, 1.54) is 38.2 Å². The van der Waals surface area contributed by atoms with E-state index in [1.54, 1.807) is 0 Å². The molecule has 1 N–H and O–H groups in total. The normalized spacial score (nSPS) is 12.5. The van der Waals surface area contributed by atoms with Crippen LogP contribution in [0.4, 0.5) is 32.0 Å². The summed E-state index contributed by atoms with van der Waals surface area (Å²) in [5.41, 5.74) is -1.16. The topological polar surface area (TPSA) is 64.7 Å². The number of hydrogen-bond acceptors (Lipinski definition) is 4. The van der Waals surface area contributed by atoms with Crippen molar-refractivity contribution >= 4 is 33.1 Å². The second-order valence-electron chi connectivity index (χ2n) is 6.88. The Morgan fingerprint density at radius 2 is 1.66 bits per heavy atom.